The maximum Gasteiger partial charge on any atom is 0.433 e. The number of nitrogens with zero attached hydrogens (tertiary/aromatic N) is 7. The van der Waals surface area contributed by atoms with E-state index in [0.29, 0.717) is 26.7 Å². The van der Waals surface area contributed by atoms with E-state index in [9.17, 15) is 30.7 Å². The molecule has 5 aromatic heterocycles. The number of halogens is 7. The fourth-order valence-electron chi connectivity index (χ4n) is 5.06. The van der Waals surface area contributed by atoms with Crippen LogP contribution in [0.5, 0.6) is 0 Å². The van der Waals surface area contributed by atoms with E-state index in [1.165, 1.54) is 48.1 Å². The first kappa shape index (κ1) is 25.6. The van der Waals surface area contributed by atoms with Crippen LogP contribution >= 0.6 is 11.3 Å². The van der Waals surface area contributed by atoms with Crippen molar-refractivity contribution in [2.75, 3.05) is 5.32 Å². The quantitative estimate of drug-likeness (QED) is 0.221. The summed E-state index contributed by atoms with van der Waals surface area (Å²) in [5.41, 5.74) is 0.481. The second-order valence-electron chi connectivity index (χ2n) is 9.63. The first-order valence-electron chi connectivity index (χ1n) is 12.1. The average Bonchev–Trinajstić information content (AvgIpc) is 3.61. The zero-order chi connectivity index (χ0) is 28.8. The van der Waals surface area contributed by atoms with E-state index in [0.717, 1.165) is 22.1 Å². The molecule has 0 radical (unpaired) electrons. The number of pyridine rings is 1. The van der Waals surface area contributed by atoms with Crippen molar-refractivity contribution in [1.82, 2.24) is 34.3 Å². The zero-order valence-electron chi connectivity index (χ0n) is 20.6. The molecule has 1 aromatic carbocycles. The van der Waals surface area contributed by atoms with Crippen LogP contribution in [0.25, 0.3) is 37.6 Å². The van der Waals surface area contributed by atoms with Crippen LogP contribution in [0.15, 0.2) is 42.7 Å². The Balaban J connectivity index is 1.33. The molecule has 7 rings (SSSR count). The molecule has 0 saturated heterocycles. The van der Waals surface area contributed by atoms with Crippen LogP contribution in [0, 0.1) is 12.7 Å². The van der Waals surface area contributed by atoms with Crippen LogP contribution in [-0.4, -0.2) is 40.5 Å². The summed E-state index contributed by atoms with van der Waals surface area (Å²) in [6, 6.07) is 4.83. The number of thiophene rings is 1. The molecule has 0 saturated carbocycles. The minimum absolute atomic E-state index is 0.000347. The molecule has 0 aliphatic carbocycles. The summed E-state index contributed by atoms with van der Waals surface area (Å²) in [6.07, 6.45) is -8.30. The van der Waals surface area contributed by atoms with Crippen LogP contribution in [0.2, 0.25) is 0 Å². The van der Waals surface area contributed by atoms with Crippen molar-refractivity contribution < 1.29 is 30.7 Å². The lowest BCUT2D eigenvalue weighted by Gasteiger charge is -2.33. The minimum Gasteiger partial charge on any atom is -0.363 e. The Kier molecular flexibility index (Phi) is 5.36. The SMILES string of the molecule is Cc1cc(C(F)(F)F)nc2sc3c(ncn4nc(-c5cc6n(n5)C(C(F)(F)F)CC(c5ccc(F)cc5)N6)nc34)c12. The van der Waals surface area contributed by atoms with Gasteiger partial charge in [0.2, 0.25) is 5.82 Å². The van der Waals surface area contributed by atoms with E-state index in [2.05, 4.69) is 30.5 Å². The summed E-state index contributed by atoms with van der Waals surface area (Å²) in [4.78, 5) is 12.7. The summed E-state index contributed by atoms with van der Waals surface area (Å²) >= 11 is 0.964. The largest absolute Gasteiger partial charge is 0.433 e. The Morgan fingerprint density at radius 1 is 1.00 bits per heavy atom. The number of nitrogens with one attached hydrogen (secondary N) is 1. The normalized spacial score (nSPS) is 17.9. The molecule has 0 amide bonds. The van der Waals surface area contributed by atoms with Gasteiger partial charge in [-0.25, -0.2) is 28.5 Å². The molecular formula is C25H15F7N8S. The molecule has 6 heterocycles. The Bertz CT molecular complexity index is 1970. The van der Waals surface area contributed by atoms with E-state index < -0.39 is 35.9 Å². The van der Waals surface area contributed by atoms with Gasteiger partial charge in [-0.2, -0.15) is 31.4 Å². The van der Waals surface area contributed by atoms with Gasteiger partial charge in [-0.15, -0.1) is 16.4 Å². The van der Waals surface area contributed by atoms with Crippen molar-refractivity contribution in [2.24, 2.45) is 0 Å². The lowest BCUT2D eigenvalue weighted by atomic mass is 9.97. The first-order chi connectivity index (χ1) is 19.4. The summed E-state index contributed by atoms with van der Waals surface area (Å²) in [7, 11) is 0. The second-order valence-corrected chi connectivity index (χ2v) is 10.6. The molecule has 1 aliphatic heterocycles. The van der Waals surface area contributed by atoms with Gasteiger partial charge in [-0.3, -0.25) is 0 Å². The standard InChI is InChI=1S/C25H15F7N8S/c1-10-6-15(24(27,28)29)35-23-18(10)19-20(41-23)22-36-21(38-39(22)9-33-19)14-8-17-34-13(11-2-4-12(26)5-3-11)7-16(25(30,31)32)40(17)37-14/h2-6,8-9,13,16,34H,7H2,1H3. The second kappa shape index (κ2) is 8.58. The number of anilines is 1. The van der Waals surface area contributed by atoms with E-state index in [1.807, 2.05) is 0 Å². The van der Waals surface area contributed by atoms with Crippen LogP contribution in [-0.2, 0) is 6.18 Å². The molecule has 16 heteroatoms. The molecule has 0 fully saturated rings. The number of hydrogen-bond acceptors (Lipinski definition) is 7. The fraction of sp³-hybridized carbons (Fsp3) is 0.240. The van der Waals surface area contributed by atoms with E-state index in [4.69, 9.17) is 0 Å². The van der Waals surface area contributed by atoms with E-state index >= 15 is 0 Å². The van der Waals surface area contributed by atoms with Crippen molar-refractivity contribution in [3.05, 3.63) is 65.4 Å². The van der Waals surface area contributed by atoms with Gasteiger partial charge in [0.1, 0.15) is 38.9 Å². The van der Waals surface area contributed by atoms with Gasteiger partial charge in [-0.05, 0) is 36.2 Å². The molecular weight excluding hydrogens is 577 g/mol. The van der Waals surface area contributed by atoms with Gasteiger partial charge in [0.05, 0.1) is 11.6 Å². The highest BCUT2D eigenvalue weighted by Gasteiger charge is 2.46. The highest BCUT2D eigenvalue weighted by molar-refractivity contribution is 7.26. The molecule has 2 unspecified atom stereocenters. The zero-order valence-corrected chi connectivity index (χ0v) is 21.4. The van der Waals surface area contributed by atoms with Crippen LogP contribution in [0.4, 0.5) is 36.6 Å². The number of hydrogen-bond donors (Lipinski definition) is 1. The fourth-order valence-corrected chi connectivity index (χ4v) is 6.24. The number of alkyl halides is 6. The molecule has 8 nitrogen and oxygen atoms in total. The Morgan fingerprint density at radius 2 is 1.76 bits per heavy atom. The predicted octanol–water partition coefficient (Wildman–Crippen LogP) is 6.88. The molecule has 6 aromatic rings. The monoisotopic (exact) mass is 592 g/mol. The Labute approximate surface area is 228 Å². The summed E-state index contributed by atoms with van der Waals surface area (Å²) in [5.74, 6) is -0.428. The maximum atomic E-state index is 14.1. The molecule has 0 spiro atoms. The number of fused-ring (bicyclic) bond motifs is 6. The van der Waals surface area contributed by atoms with Gasteiger partial charge >= 0.3 is 12.4 Å². The third-order valence-electron chi connectivity index (χ3n) is 6.95. The molecule has 0 bridgehead atoms. The van der Waals surface area contributed by atoms with Gasteiger partial charge in [0.25, 0.3) is 0 Å². The molecule has 2 atom stereocenters. The number of rotatable bonds is 2. The lowest BCUT2D eigenvalue weighted by molar-refractivity contribution is -0.173. The first-order valence-corrected chi connectivity index (χ1v) is 12.9. The van der Waals surface area contributed by atoms with Crippen LogP contribution in [0.1, 0.15) is 35.3 Å². The van der Waals surface area contributed by atoms with Gasteiger partial charge in [-0.1, -0.05) is 12.1 Å². The number of benzene rings is 1. The topological polar surface area (TPSA) is 85.8 Å². The number of aryl methyl sites for hydroxylation is 1. The average molecular weight is 593 g/mol. The van der Waals surface area contributed by atoms with Crippen molar-refractivity contribution >= 4 is 43.2 Å². The number of aromatic nitrogens is 7. The maximum absolute atomic E-state index is 14.1. The Morgan fingerprint density at radius 3 is 2.46 bits per heavy atom. The van der Waals surface area contributed by atoms with Gasteiger partial charge in [0.15, 0.2) is 11.7 Å². The molecule has 210 valence electrons. The van der Waals surface area contributed by atoms with E-state index in [1.54, 1.807) is 0 Å². The highest BCUT2D eigenvalue weighted by atomic mass is 32.1. The lowest BCUT2D eigenvalue weighted by Crippen LogP contribution is -2.35. The van der Waals surface area contributed by atoms with Crippen molar-refractivity contribution in [1.29, 1.82) is 0 Å². The Hall–Kier alpha value is -4.34. The van der Waals surface area contributed by atoms with Gasteiger partial charge in [0, 0.05) is 17.9 Å². The van der Waals surface area contributed by atoms with Crippen LogP contribution < -0.4 is 5.32 Å². The van der Waals surface area contributed by atoms with Crippen LogP contribution in [0.3, 0.4) is 0 Å². The van der Waals surface area contributed by atoms with Crippen molar-refractivity contribution in [3.63, 3.8) is 0 Å². The molecule has 41 heavy (non-hydrogen) atoms. The summed E-state index contributed by atoms with van der Waals surface area (Å²) in [6.45, 7) is 1.53. The molecule has 1 aliphatic rings. The van der Waals surface area contributed by atoms with Crippen molar-refractivity contribution in [2.45, 2.75) is 37.8 Å². The third kappa shape index (κ3) is 4.15. The van der Waals surface area contributed by atoms with Gasteiger partial charge < -0.3 is 5.32 Å². The third-order valence-corrected chi connectivity index (χ3v) is 8.02. The van der Waals surface area contributed by atoms with E-state index in [-0.39, 0.29) is 34.2 Å². The van der Waals surface area contributed by atoms with Crippen molar-refractivity contribution in [3.8, 4) is 11.5 Å². The highest BCUT2D eigenvalue weighted by Crippen LogP contribution is 2.45. The predicted molar refractivity (Wildman–Crippen MR) is 135 cm³/mol. The minimum atomic E-state index is -4.63. The summed E-state index contributed by atoms with van der Waals surface area (Å²) in [5, 5.41) is 12.0. The summed E-state index contributed by atoms with van der Waals surface area (Å²) < 4.78 is 98.2. The smallest absolute Gasteiger partial charge is 0.363 e. The molecule has 1 N–H and O–H groups in total.